The summed E-state index contributed by atoms with van der Waals surface area (Å²) >= 11 is 0.0894. The number of ketones is 1. The molecule has 1 aromatic heterocycles. The van der Waals surface area contributed by atoms with E-state index in [1.165, 1.54) is 16.7 Å². The molecule has 0 atom stereocenters. The number of ether oxygens (including phenoxy) is 1. The Balaban J connectivity index is 2.00. The van der Waals surface area contributed by atoms with Crippen molar-refractivity contribution in [1.82, 2.24) is 4.98 Å². The molecule has 0 aliphatic rings. The van der Waals surface area contributed by atoms with E-state index < -0.39 is 0 Å². The summed E-state index contributed by atoms with van der Waals surface area (Å²) in [5.74, 6) is 0.306. The van der Waals surface area contributed by atoms with Gasteiger partial charge in [-0.2, -0.15) is 0 Å². The summed E-state index contributed by atoms with van der Waals surface area (Å²) in [7, 11) is 0. The topological polar surface area (TPSA) is 63.0 Å². The number of Topliss-reactive ketones (excluding diaryl/α,β-unsaturated/α-hetero) is 1. The number of carbonyl (C=O) groups is 1. The molecule has 1 heterocycles. The van der Waals surface area contributed by atoms with Crippen molar-refractivity contribution in [2.24, 2.45) is 0 Å². The normalized spacial score (nSPS) is 9.63. The Hall–Kier alpha value is -2.15. The SMILES string of the molecule is N#COc1ccnc(C(=O)C[Se]c2ccccc2)c1. The van der Waals surface area contributed by atoms with Gasteiger partial charge in [0.1, 0.15) is 0 Å². The first-order valence-corrected chi connectivity index (χ1v) is 7.59. The van der Waals surface area contributed by atoms with E-state index in [4.69, 9.17) is 5.26 Å². The Morgan fingerprint density at radius 2 is 2.11 bits per heavy atom. The fourth-order valence-electron chi connectivity index (χ4n) is 1.42. The van der Waals surface area contributed by atoms with Gasteiger partial charge in [0, 0.05) is 0 Å². The molecule has 0 spiro atoms. The minimum absolute atomic E-state index is 0.0350. The molecule has 94 valence electrons. The van der Waals surface area contributed by atoms with Crippen LogP contribution in [0.4, 0.5) is 0 Å². The summed E-state index contributed by atoms with van der Waals surface area (Å²) in [5, 5.41) is 8.87. The quantitative estimate of drug-likeness (QED) is 0.477. The molecule has 0 saturated heterocycles. The zero-order valence-electron chi connectivity index (χ0n) is 9.95. The standard InChI is InChI=1S/C14H10N2O2Se/c15-10-18-11-6-7-16-13(8-11)14(17)9-19-12-4-2-1-3-5-12/h1-8H,9H2. The van der Waals surface area contributed by atoms with Crippen molar-refractivity contribution in [2.75, 3.05) is 0 Å². The molecule has 0 aliphatic carbocycles. The van der Waals surface area contributed by atoms with Crippen LogP contribution in [0.2, 0.25) is 5.32 Å². The van der Waals surface area contributed by atoms with E-state index in [-0.39, 0.29) is 20.7 Å². The van der Waals surface area contributed by atoms with Crippen LogP contribution < -0.4 is 9.20 Å². The van der Waals surface area contributed by atoms with E-state index in [2.05, 4.69) is 9.72 Å². The van der Waals surface area contributed by atoms with Crippen LogP contribution in [0.1, 0.15) is 10.5 Å². The Kier molecular flexibility index (Phi) is 4.68. The van der Waals surface area contributed by atoms with Crippen LogP contribution in [0.15, 0.2) is 48.7 Å². The maximum atomic E-state index is 12.0. The molecule has 4 nitrogen and oxygen atoms in total. The number of carbonyl (C=O) groups excluding carboxylic acids is 1. The zero-order valence-corrected chi connectivity index (χ0v) is 11.7. The molecule has 0 amide bonds. The maximum absolute atomic E-state index is 12.0. The first kappa shape index (κ1) is 13.3. The van der Waals surface area contributed by atoms with Crippen LogP contribution in [0.25, 0.3) is 0 Å². The van der Waals surface area contributed by atoms with Gasteiger partial charge in [-0.1, -0.05) is 0 Å². The fraction of sp³-hybridized carbons (Fsp3) is 0.0714. The third-order valence-electron chi connectivity index (χ3n) is 2.29. The van der Waals surface area contributed by atoms with Crippen LogP contribution in [0.5, 0.6) is 5.75 Å². The van der Waals surface area contributed by atoms with Crippen molar-refractivity contribution in [3.05, 3.63) is 54.4 Å². The van der Waals surface area contributed by atoms with Crippen molar-refractivity contribution in [1.29, 1.82) is 5.26 Å². The molecule has 0 unspecified atom stereocenters. The summed E-state index contributed by atoms with van der Waals surface area (Å²) in [6.07, 6.45) is 3.04. The number of hydrogen-bond acceptors (Lipinski definition) is 4. The molecule has 2 aromatic rings. The molecule has 0 bridgehead atoms. The predicted molar refractivity (Wildman–Crippen MR) is 71.4 cm³/mol. The van der Waals surface area contributed by atoms with Gasteiger partial charge in [-0.25, -0.2) is 0 Å². The van der Waals surface area contributed by atoms with Crippen molar-refractivity contribution in [3.63, 3.8) is 0 Å². The van der Waals surface area contributed by atoms with Gasteiger partial charge in [-0.15, -0.1) is 0 Å². The zero-order chi connectivity index (χ0) is 13.5. The van der Waals surface area contributed by atoms with E-state index in [9.17, 15) is 4.79 Å². The second-order valence-electron chi connectivity index (χ2n) is 3.60. The van der Waals surface area contributed by atoms with E-state index in [0.29, 0.717) is 16.8 Å². The molecule has 0 fully saturated rings. The van der Waals surface area contributed by atoms with Crippen molar-refractivity contribution in [3.8, 4) is 12.0 Å². The summed E-state index contributed by atoms with van der Waals surface area (Å²) in [6.45, 7) is 0. The fourth-order valence-corrected chi connectivity index (χ4v) is 3.09. The Morgan fingerprint density at radius 1 is 1.32 bits per heavy atom. The monoisotopic (exact) mass is 318 g/mol. The van der Waals surface area contributed by atoms with Crippen LogP contribution in [0.3, 0.4) is 0 Å². The predicted octanol–water partition coefficient (Wildman–Crippen LogP) is 1.57. The van der Waals surface area contributed by atoms with E-state index in [1.807, 2.05) is 30.3 Å². The van der Waals surface area contributed by atoms with E-state index >= 15 is 0 Å². The van der Waals surface area contributed by atoms with Gasteiger partial charge in [0.05, 0.1) is 0 Å². The van der Waals surface area contributed by atoms with E-state index in [1.54, 1.807) is 12.3 Å². The molecule has 19 heavy (non-hydrogen) atoms. The molecule has 0 aliphatic heterocycles. The van der Waals surface area contributed by atoms with Gasteiger partial charge in [0.15, 0.2) is 0 Å². The molecule has 5 heteroatoms. The molecule has 1 aromatic carbocycles. The molecular formula is C14H10N2O2Se. The van der Waals surface area contributed by atoms with Crippen LogP contribution in [-0.4, -0.2) is 25.7 Å². The van der Waals surface area contributed by atoms with Gasteiger partial charge >= 0.3 is 117 Å². The van der Waals surface area contributed by atoms with E-state index in [0.717, 1.165) is 0 Å². The molecule has 0 saturated carbocycles. The van der Waals surface area contributed by atoms with Crippen LogP contribution in [-0.2, 0) is 0 Å². The Labute approximate surface area is 117 Å². The number of nitriles is 1. The van der Waals surface area contributed by atoms with Gasteiger partial charge < -0.3 is 0 Å². The number of aromatic nitrogens is 1. The first-order valence-electron chi connectivity index (χ1n) is 5.52. The summed E-state index contributed by atoms with van der Waals surface area (Å²) < 4.78 is 5.85. The second-order valence-corrected chi connectivity index (χ2v) is 5.80. The second kappa shape index (κ2) is 6.69. The van der Waals surface area contributed by atoms with Gasteiger partial charge in [0.25, 0.3) is 0 Å². The molecular weight excluding hydrogens is 307 g/mol. The molecule has 2 rings (SSSR count). The molecule has 0 radical (unpaired) electrons. The van der Waals surface area contributed by atoms with Crippen molar-refractivity contribution >= 4 is 25.2 Å². The Bertz CT molecular complexity index is 608. The number of nitrogens with zero attached hydrogens (tertiary/aromatic N) is 2. The van der Waals surface area contributed by atoms with Crippen molar-refractivity contribution < 1.29 is 9.53 Å². The van der Waals surface area contributed by atoms with Crippen LogP contribution in [0, 0.1) is 11.5 Å². The van der Waals surface area contributed by atoms with Crippen LogP contribution >= 0.6 is 0 Å². The number of pyridine rings is 1. The minimum atomic E-state index is -0.0350. The average Bonchev–Trinajstić information content (AvgIpc) is 2.46. The summed E-state index contributed by atoms with van der Waals surface area (Å²) in [6, 6.07) is 12.9. The molecule has 0 N–H and O–H groups in total. The Morgan fingerprint density at radius 3 is 2.84 bits per heavy atom. The average molecular weight is 317 g/mol. The third kappa shape index (κ3) is 3.92. The number of hydrogen-bond donors (Lipinski definition) is 0. The summed E-state index contributed by atoms with van der Waals surface area (Å²) in [5.41, 5.74) is 0.338. The summed E-state index contributed by atoms with van der Waals surface area (Å²) in [4.78, 5) is 16.0. The van der Waals surface area contributed by atoms with Crippen molar-refractivity contribution in [2.45, 2.75) is 5.32 Å². The van der Waals surface area contributed by atoms with Gasteiger partial charge in [-0.3, -0.25) is 0 Å². The number of rotatable bonds is 5. The van der Waals surface area contributed by atoms with Gasteiger partial charge in [-0.05, 0) is 0 Å². The third-order valence-corrected chi connectivity index (χ3v) is 4.42. The number of benzene rings is 1. The first-order chi connectivity index (χ1) is 9.29. The van der Waals surface area contributed by atoms with Gasteiger partial charge in [0.2, 0.25) is 0 Å².